The first-order chi connectivity index (χ1) is 12.3. The van der Waals surface area contributed by atoms with Gasteiger partial charge in [-0.1, -0.05) is 48.6 Å². The van der Waals surface area contributed by atoms with Crippen molar-refractivity contribution < 1.29 is 9.53 Å². The molecule has 0 aliphatic carbocycles. The number of hydrogen-bond acceptors (Lipinski definition) is 3. The number of likely N-dealkylation sites (tertiary alicyclic amines) is 1. The lowest BCUT2D eigenvalue weighted by molar-refractivity contribution is 0.200. The fraction of sp³-hybridized carbons (Fsp3) is 0.300. The summed E-state index contributed by atoms with van der Waals surface area (Å²) in [6, 6.07) is 14.0. The van der Waals surface area contributed by atoms with Crippen LogP contribution < -0.4 is 10.1 Å². The number of methoxy groups -OCH3 is 1. The molecule has 1 atom stereocenters. The molecule has 130 valence electrons. The minimum Gasteiger partial charge on any atom is -0.481 e. The second-order valence-electron chi connectivity index (χ2n) is 6.04. The molecule has 2 amide bonds. The van der Waals surface area contributed by atoms with Crippen LogP contribution in [-0.4, -0.2) is 35.6 Å². The number of urea groups is 1. The molecule has 5 heteroatoms. The van der Waals surface area contributed by atoms with Crippen molar-refractivity contribution >= 4 is 12.1 Å². The van der Waals surface area contributed by atoms with Crippen LogP contribution in [0.5, 0.6) is 5.88 Å². The molecule has 1 aromatic carbocycles. The molecule has 1 N–H and O–H groups in total. The van der Waals surface area contributed by atoms with Gasteiger partial charge in [-0.2, -0.15) is 0 Å². The summed E-state index contributed by atoms with van der Waals surface area (Å²) in [5.74, 6) is 0.570. The van der Waals surface area contributed by atoms with Gasteiger partial charge in [-0.15, -0.1) is 0 Å². The highest BCUT2D eigenvalue weighted by atomic mass is 16.5. The molecular formula is C20H23N3O2. The Balaban J connectivity index is 1.55. The van der Waals surface area contributed by atoms with E-state index in [1.807, 2.05) is 29.2 Å². The van der Waals surface area contributed by atoms with E-state index >= 15 is 0 Å². The molecule has 0 saturated carbocycles. The van der Waals surface area contributed by atoms with E-state index in [-0.39, 0.29) is 12.1 Å². The monoisotopic (exact) mass is 337 g/mol. The third-order valence-corrected chi connectivity index (χ3v) is 4.32. The quantitative estimate of drug-likeness (QED) is 0.909. The van der Waals surface area contributed by atoms with Crippen molar-refractivity contribution in [2.45, 2.75) is 25.4 Å². The third kappa shape index (κ3) is 4.59. The topological polar surface area (TPSA) is 54.5 Å². The van der Waals surface area contributed by atoms with Crippen LogP contribution in [0.15, 0.2) is 54.7 Å². The molecule has 1 aliphatic heterocycles. The van der Waals surface area contributed by atoms with Crippen molar-refractivity contribution in [3.63, 3.8) is 0 Å². The standard InChI is InChI=1S/C20H23N3O2/c1-25-19-12-10-17(14-21-19)15-22-20(24)23-13-5-8-18(23)11-9-16-6-3-2-4-7-16/h2-4,6-7,9-12,14,18H,5,8,13,15H2,1H3,(H,22,24)/b11-9+. The van der Waals surface area contributed by atoms with E-state index in [9.17, 15) is 4.79 Å². The summed E-state index contributed by atoms with van der Waals surface area (Å²) in [6.45, 7) is 1.25. The van der Waals surface area contributed by atoms with Crippen molar-refractivity contribution in [1.82, 2.24) is 15.2 Å². The Morgan fingerprint density at radius 1 is 1.32 bits per heavy atom. The predicted molar refractivity (Wildman–Crippen MR) is 98.2 cm³/mol. The van der Waals surface area contributed by atoms with Gasteiger partial charge in [0, 0.05) is 25.4 Å². The lowest BCUT2D eigenvalue weighted by Crippen LogP contribution is -2.41. The maximum absolute atomic E-state index is 12.5. The number of ether oxygens (including phenoxy) is 1. The van der Waals surface area contributed by atoms with E-state index in [2.05, 4.69) is 34.6 Å². The summed E-state index contributed by atoms with van der Waals surface area (Å²) in [5.41, 5.74) is 2.10. The van der Waals surface area contributed by atoms with E-state index in [4.69, 9.17) is 4.74 Å². The van der Waals surface area contributed by atoms with Crippen molar-refractivity contribution in [3.05, 3.63) is 65.9 Å². The average Bonchev–Trinajstić information content (AvgIpc) is 3.14. The Bertz CT molecular complexity index is 713. The first-order valence-electron chi connectivity index (χ1n) is 8.53. The molecule has 1 fully saturated rings. The molecule has 0 radical (unpaired) electrons. The van der Waals surface area contributed by atoms with Crippen LogP contribution in [0.1, 0.15) is 24.0 Å². The van der Waals surface area contributed by atoms with Gasteiger partial charge >= 0.3 is 6.03 Å². The van der Waals surface area contributed by atoms with E-state index in [1.165, 1.54) is 0 Å². The van der Waals surface area contributed by atoms with Gasteiger partial charge in [-0.05, 0) is 24.0 Å². The fourth-order valence-electron chi connectivity index (χ4n) is 2.95. The number of nitrogens with zero attached hydrogens (tertiary/aromatic N) is 2. The number of carbonyl (C=O) groups is 1. The average molecular weight is 337 g/mol. The second-order valence-corrected chi connectivity index (χ2v) is 6.04. The van der Waals surface area contributed by atoms with Crippen LogP contribution in [-0.2, 0) is 6.54 Å². The predicted octanol–water partition coefficient (Wildman–Crippen LogP) is 3.48. The molecular weight excluding hydrogens is 314 g/mol. The molecule has 5 nitrogen and oxygen atoms in total. The molecule has 1 aromatic heterocycles. The number of nitrogens with one attached hydrogen (secondary N) is 1. The summed E-state index contributed by atoms with van der Waals surface area (Å²) in [7, 11) is 1.58. The molecule has 1 saturated heterocycles. The normalized spacial score (nSPS) is 17.0. The van der Waals surface area contributed by atoms with E-state index in [0.717, 1.165) is 30.5 Å². The highest BCUT2D eigenvalue weighted by Crippen LogP contribution is 2.19. The number of benzene rings is 1. The Morgan fingerprint density at radius 3 is 2.88 bits per heavy atom. The van der Waals surface area contributed by atoms with Crippen molar-refractivity contribution in [2.75, 3.05) is 13.7 Å². The maximum Gasteiger partial charge on any atom is 0.318 e. The number of hydrogen-bond donors (Lipinski definition) is 1. The Labute approximate surface area is 148 Å². The second kappa shape index (κ2) is 8.33. The highest BCUT2D eigenvalue weighted by molar-refractivity contribution is 5.75. The summed E-state index contributed by atoms with van der Waals surface area (Å²) >= 11 is 0. The first-order valence-corrected chi connectivity index (χ1v) is 8.53. The van der Waals surface area contributed by atoms with Gasteiger partial charge in [0.25, 0.3) is 0 Å². The fourth-order valence-corrected chi connectivity index (χ4v) is 2.95. The van der Waals surface area contributed by atoms with Gasteiger partial charge in [-0.3, -0.25) is 0 Å². The van der Waals surface area contributed by atoms with E-state index in [0.29, 0.717) is 12.4 Å². The van der Waals surface area contributed by atoms with E-state index < -0.39 is 0 Å². The number of aromatic nitrogens is 1. The molecule has 1 aliphatic rings. The SMILES string of the molecule is COc1ccc(CNC(=O)N2CCCC2/C=C/c2ccccc2)cn1. The van der Waals surface area contributed by atoms with Gasteiger partial charge < -0.3 is 15.0 Å². The Kier molecular flexibility index (Phi) is 5.67. The molecule has 0 bridgehead atoms. The zero-order valence-electron chi connectivity index (χ0n) is 14.4. The van der Waals surface area contributed by atoms with Crippen LogP contribution in [0.25, 0.3) is 6.08 Å². The van der Waals surface area contributed by atoms with Crippen LogP contribution in [0.3, 0.4) is 0 Å². The molecule has 2 aromatic rings. The lowest BCUT2D eigenvalue weighted by Gasteiger charge is -2.22. The summed E-state index contributed by atoms with van der Waals surface area (Å²) in [5, 5.41) is 2.98. The molecule has 0 spiro atoms. The van der Waals surface area contributed by atoms with Crippen molar-refractivity contribution in [1.29, 1.82) is 0 Å². The minimum absolute atomic E-state index is 0.0315. The van der Waals surface area contributed by atoms with Crippen molar-refractivity contribution in [3.8, 4) is 5.88 Å². The Morgan fingerprint density at radius 2 is 2.16 bits per heavy atom. The molecule has 2 heterocycles. The molecule has 25 heavy (non-hydrogen) atoms. The van der Waals surface area contributed by atoms with Gasteiger partial charge in [-0.25, -0.2) is 9.78 Å². The van der Waals surface area contributed by atoms with Crippen LogP contribution in [0.4, 0.5) is 4.79 Å². The smallest absolute Gasteiger partial charge is 0.318 e. The molecule has 3 rings (SSSR count). The van der Waals surface area contributed by atoms with Gasteiger partial charge in [0.2, 0.25) is 5.88 Å². The lowest BCUT2D eigenvalue weighted by atomic mass is 10.1. The number of carbonyl (C=O) groups excluding carboxylic acids is 1. The van der Waals surface area contributed by atoms with Crippen LogP contribution in [0, 0.1) is 0 Å². The van der Waals surface area contributed by atoms with Gasteiger partial charge in [0.15, 0.2) is 0 Å². The summed E-state index contributed by atoms with van der Waals surface area (Å²) in [6.07, 6.45) is 7.96. The number of amides is 2. The summed E-state index contributed by atoms with van der Waals surface area (Å²) in [4.78, 5) is 18.6. The minimum atomic E-state index is -0.0315. The summed E-state index contributed by atoms with van der Waals surface area (Å²) < 4.78 is 5.04. The molecule has 1 unspecified atom stereocenters. The zero-order valence-corrected chi connectivity index (χ0v) is 14.4. The largest absolute Gasteiger partial charge is 0.481 e. The zero-order chi connectivity index (χ0) is 17.5. The van der Waals surface area contributed by atoms with E-state index in [1.54, 1.807) is 19.4 Å². The number of pyridine rings is 1. The number of rotatable bonds is 5. The Hall–Kier alpha value is -2.82. The first kappa shape index (κ1) is 17.0. The van der Waals surface area contributed by atoms with Crippen molar-refractivity contribution in [2.24, 2.45) is 0 Å². The van der Waals surface area contributed by atoms with Gasteiger partial charge in [0.05, 0.1) is 13.2 Å². The third-order valence-electron chi connectivity index (χ3n) is 4.32. The van der Waals surface area contributed by atoms with Gasteiger partial charge in [0.1, 0.15) is 0 Å². The van der Waals surface area contributed by atoms with Crippen LogP contribution >= 0.6 is 0 Å². The maximum atomic E-state index is 12.5. The van der Waals surface area contributed by atoms with Crippen LogP contribution in [0.2, 0.25) is 0 Å². The highest BCUT2D eigenvalue weighted by Gasteiger charge is 2.26.